The quantitative estimate of drug-likeness (QED) is 0.748. The molecule has 0 aliphatic heterocycles. The van der Waals surface area contributed by atoms with Gasteiger partial charge in [-0.3, -0.25) is 0 Å². The molecule has 0 aliphatic carbocycles. The molecule has 1 aromatic rings. The van der Waals surface area contributed by atoms with Crippen LogP contribution in [-0.4, -0.2) is 6.54 Å². The van der Waals surface area contributed by atoms with Crippen molar-refractivity contribution in [1.29, 1.82) is 0 Å². The highest BCUT2D eigenvalue weighted by atomic mass is 35.5. The SMILES string of the molecule is C=CCc1ccc(Cl)c(C)c1NCC(=C)C. The summed E-state index contributed by atoms with van der Waals surface area (Å²) >= 11 is 6.11. The van der Waals surface area contributed by atoms with Crippen molar-refractivity contribution in [3.05, 3.63) is 53.1 Å². The number of nitrogens with one attached hydrogen (secondary N) is 1. The monoisotopic (exact) mass is 235 g/mol. The minimum atomic E-state index is 0.769. The maximum Gasteiger partial charge on any atom is 0.0455 e. The zero-order chi connectivity index (χ0) is 12.1. The Hall–Kier alpha value is -1.21. The normalized spacial score (nSPS) is 9.94. The highest BCUT2D eigenvalue weighted by Gasteiger charge is 2.07. The third-order valence-corrected chi connectivity index (χ3v) is 2.83. The summed E-state index contributed by atoms with van der Waals surface area (Å²) < 4.78 is 0. The third kappa shape index (κ3) is 3.14. The van der Waals surface area contributed by atoms with E-state index in [2.05, 4.69) is 18.5 Å². The minimum Gasteiger partial charge on any atom is -0.381 e. The van der Waals surface area contributed by atoms with Gasteiger partial charge in [-0.15, -0.1) is 6.58 Å². The van der Waals surface area contributed by atoms with E-state index in [4.69, 9.17) is 11.6 Å². The highest BCUT2D eigenvalue weighted by molar-refractivity contribution is 6.31. The number of hydrogen-bond donors (Lipinski definition) is 1. The molecule has 2 heteroatoms. The second kappa shape index (κ2) is 5.76. The fraction of sp³-hybridized carbons (Fsp3) is 0.286. The van der Waals surface area contributed by atoms with E-state index >= 15 is 0 Å². The first-order valence-corrected chi connectivity index (χ1v) is 5.71. The molecular weight excluding hydrogens is 218 g/mol. The van der Waals surface area contributed by atoms with Crippen molar-refractivity contribution in [3.63, 3.8) is 0 Å². The Morgan fingerprint density at radius 2 is 2.19 bits per heavy atom. The molecule has 0 amide bonds. The van der Waals surface area contributed by atoms with E-state index < -0.39 is 0 Å². The van der Waals surface area contributed by atoms with Gasteiger partial charge in [-0.25, -0.2) is 0 Å². The number of hydrogen-bond acceptors (Lipinski definition) is 1. The Balaban J connectivity index is 3.04. The first-order chi connectivity index (χ1) is 7.56. The second-order valence-corrected chi connectivity index (χ2v) is 4.42. The van der Waals surface area contributed by atoms with E-state index in [1.807, 2.05) is 32.1 Å². The van der Waals surface area contributed by atoms with Gasteiger partial charge in [-0.1, -0.05) is 35.9 Å². The fourth-order valence-electron chi connectivity index (χ4n) is 1.55. The highest BCUT2D eigenvalue weighted by Crippen LogP contribution is 2.28. The fourth-order valence-corrected chi connectivity index (χ4v) is 1.71. The standard InChI is InChI=1S/C14H18ClN/c1-5-6-12-7-8-13(15)11(4)14(12)16-9-10(2)3/h5,7-8,16H,1-2,6,9H2,3-4H3. The number of anilines is 1. The molecule has 1 rings (SSSR count). The average molecular weight is 236 g/mol. The maximum atomic E-state index is 6.11. The van der Waals surface area contributed by atoms with E-state index in [1.165, 1.54) is 5.56 Å². The van der Waals surface area contributed by atoms with Crippen molar-refractivity contribution >= 4 is 17.3 Å². The zero-order valence-electron chi connectivity index (χ0n) is 9.94. The van der Waals surface area contributed by atoms with Gasteiger partial charge in [0, 0.05) is 17.3 Å². The maximum absolute atomic E-state index is 6.11. The van der Waals surface area contributed by atoms with Gasteiger partial charge >= 0.3 is 0 Å². The van der Waals surface area contributed by atoms with E-state index in [-0.39, 0.29) is 0 Å². The summed E-state index contributed by atoms with van der Waals surface area (Å²) in [4.78, 5) is 0. The average Bonchev–Trinajstić information content (AvgIpc) is 2.23. The zero-order valence-corrected chi connectivity index (χ0v) is 10.7. The molecule has 0 saturated carbocycles. The smallest absolute Gasteiger partial charge is 0.0455 e. The van der Waals surface area contributed by atoms with Gasteiger partial charge in [0.2, 0.25) is 0 Å². The van der Waals surface area contributed by atoms with Crippen LogP contribution in [-0.2, 0) is 6.42 Å². The van der Waals surface area contributed by atoms with E-state index in [0.29, 0.717) is 0 Å². The largest absolute Gasteiger partial charge is 0.381 e. The van der Waals surface area contributed by atoms with Gasteiger partial charge in [-0.05, 0) is 37.5 Å². The van der Waals surface area contributed by atoms with Crippen LogP contribution in [0.5, 0.6) is 0 Å². The predicted octanol–water partition coefficient (Wildman–Crippen LogP) is 4.36. The molecule has 0 radical (unpaired) electrons. The van der Waals surface area contributed by atoms with Gasteiger partial charge < -0.3 is 5.32 Å². The Labute approximate surface area is 103 Å². The number of halogens is 1. The van der Waals surface area contributed by atoms with Crippen molar-refractivity contribution in [1.82, 2.24) is 0 Å². The third-order valence-electron chi connectivity index (χ3n) is 2.42. The van der Waals surface area contributed by atoms with Crippen LogP contribution < -0.4 is 5.32 Å². The minimum absolute atomic E-state index is 0.769. The Bertz CT molecular complexity index is 407. The summed E-state index contributed by atoms with van der Waals surface area (Å²) in [5.74, 6) is 0. The molecule has 1 N–H and O–H groups in total. The molecule has 0 heterocycles. The van der Waals surface area contributed by atoms with Gasteiger partial charge in [0.05, 0.1) is 0 Å². The molecule has 0 spiro atoms. The summed E-state index contributed by atoms with van der Waals surface area (Å²) in [6.07, 6.45) is 2.74. The molecule has 0 aliphatic rings. The summed E-state index contributed by atoms with van der Waals surface area (Å²) in [5, 5.41) is 4.16. The molecular formula is C14H18ClN. The molecule has 0 bridgehead atoms. The molecule has 1 nitrogen and oxygen atoms in total. The summed E-state index contributed by atoms with van der Waals surface area (Å²) in [5.41, 5.74) is 4.51. The van der Waals surface area contributed by atoms with Crippen molar-refractivity contribution in [2.75, 3.05) is 11.9 Å². The second-order valence-electron chi connectivity index (χ2n) is 4.01. The lowest BCUT2D eigenvalue weighted by molar-refractivity contribution is 1.16. The Morgan fingerprint density at radius 3 is 2.75 bits per heavy atom. The first-order valence-electron chi connectivity index (χ1n) is 5.33. The molecule has 86 valence electrons. The van der Waals surface area contributed by atoms with Gasteiger partial charge in [-0.2, -0.15) is 0 Å². The predicted molar refractivity (Wildman–Crippen MR) is 73.4 cm³/mol. The first kappa shape index (κ1) is 12.9. The van der Waals surface area contributed by atoms with Crippen LogP contribution >= 0.6 is 11.6 Å². The van der Waals surface area contributed by atoms with Crippen LogP contribution in [0.4, 0.5) is 5.69 Å². The molecule has 16 heavy (non-hydrogen) atoms. The summed E-state index contributed by atoms with van der Waals surface area (Å²) in [7, 11) is 0. The van der Waals surface area contributed by atoms with E-state index in [0.717, 1.165) is 34.8 Å². The summed E-state index contributed by atoms with van der Waals surface area (Å²) in [6.45, 7) is 12.4. The molecule has 0 saturated heterocycles. The van der Waals surface area contributed by atoms with Crippen LogP contribution in [0, 0.1) is 6.92 Å². The molecule has 0 aromatic heterocycles. The van der Waals surface area contributed by atoms with Crippen molar-refractivity contribution in [2.45, 2.75) is 20.3 Å². The van der Waals surface area contributed by atoms with Crippen LogP contribution in [0.1, 0.15) is 18.1 Å². The van der Waals surface area contributed by atoms with E-state index in [9.17, 15) is 0 Å². The van der Waals surface area contributed by atoms with Crippen LogP contribution in [0.3, 0.4) is 0 Å². The topological polar surface area (TPSA) is 12.0 Å². The number of allylic oxidation sites excluding steroid dienone is 1. The van der Waals surface area contributed by atoms with Crippen LogP contribution in [0.2, 0.25) is 5.02 Å². The molecule has 1 aromatic carbocycles. The van der Waals surface area contributed by atoms with Crippen molar-refractivity contribution < 1.29 is 0 Å². The Kier molecular flexibility index (Phi) is 4.63. The van der Waals surface area contributed by atoms with Crippen molar-refractivity contribution in [2.24, 2.45) is 0 Å². The molecule has 0 atom stereocenters. The van der Waals surface area contributed by atoms with Gasteiger partial charge in [0.15, 0.2) is 0 Å². The number of rotatable bonds is 5. The molecule has 0 unspecified atom stereocenters. The van der Waals surface area contributed by atoms with E-state index in [1.54, 1.807) is 0 Å². The Morgan fingerprint density at radius 1 is 1.50 bits per heavy atom. The lowest BCUT2D eigenvalue weighted by atomic mass is 10.0. The van der Waals surface area contributed by atoms with Crippen molar-refractivity contribution in [3.8, 4) is 0 Å². The molecule has 0 fully saturated rings. The van der Waals surface area contributed by atoms with Crippen LogP contribution in [0.15, 0.2) is 36.9 Å². The lowest BCUT2D eigenvalue weighted by Gasteiger charge is -2.15. The summed E-state index contributed by atoms with van der Waals surface area (Å²) in [6, 6.07) is 3.97. The lowest BCUT2D eigenvalue weighted by Crippen LogP contribution is -2.06. The van der Waals surface area contributed by atoms with Gasteiger partial charge in [0.1, 0.15) is 0 Å². The van der Waals surface area contributed by atoms with Crippen LogP contribution in [0.25, 0.3) is 0 Å². The number of benzene rings is 1. The van der Waals surface area contributed by atoms with Gasteiger partial charge in [0.25, 0.3) is 0 Å².